The Morgan fingerprint density at radius 1 is 1.12 bits per heavy atom. The fraction of sp³-hybridized carbons (Fsp3) is 0.500. The molecular formula is C16H23NO6S. The van der Waals surface area contributed by atoms with Gasteiger partial charge in [-0.15, -0.1) is 0 Å². The van der Waals surface area contributed by atoms with Crippen LogP contribution in [0.1, 0.15) is 38.2 Å². The summed E-state index contributed by atoms with van der Waals surface area (Å²) in [4.78, 5) is 23.1. The van der Waals surface area contributed by atoms with E-state index in [1.807, 2.05) is 13.8 Å². The Morgan fingerprint density at radius 2 is 1.71 bits per heavy atom. The number of sulfonamides is 1. The minimum absolute atomic E-state index is 0.00771. The number of nitrogens with one attached hydrogen (secondary N) is 1. The van der Waals surface area contributed by atoms with Crippen molar-refractivity contribution < 1.29 is 27.5 Å². The zero-order valence-corrected chi connectivity index (χ0v) is 15.1. The molecule has 0 unspecified atom stereocenters. The Hall–Kier alpha value is -1.93. The van der Waals surface area contributed by atoms with Crippen LogP contribution in [0.3, 0.4) is 0 Å². The molecule has 0 heterocycles. The molecule has 0 amide bonds. The summed E-state index contributed by atoms with van der Waals surface area (Å²) < 4.78 is 36.0. The molecule has 1 aromatic carbocycles. The fourth-order valence-corrected chi connectivity index (χ4v) is 3.22. The number of methoxy groups -OCH3 is 2. The predicted octanol–water partition coefficient (Wildman–Crippen LogP) is 1.58. The molecule has 0 saturated carbocycles. The van der Waals surface area contributed by atoms with E-state index >= 15 is 0 Å². The van der Waals surface area contributed by atoms with Crippen molar-refractivity contribution in [3.05, 3.63) is 29.8 Å². The lowest BCUT2D eigenvalue weighted by Gasteiger charge is -2.16. The average molecular weight is 357 g/mol. The van der Waals surface area contributed by atoms with Gasteiger partial charge in [-0.3, -0.25) is 9.59 Å². The third-order valence-electron chi connectivity index (χ3n) is 3.75. The zero-order valence-electron chi connectivity index (χ0n) is 14.2. The number of carbonyl (C=O) groups excluding carboxylic acids is 2. The van der Waals surface area contributed by atoms with Crippen molar-refractivity contribution in [3.63, 3.8) is 0 Å². The highest BCUT2D eigenvalue weighted by Gasteiger charge is 2.29. The van der Waals surface area contributed by atoms with Gasteiger partial charge in [0.05, 0.1) is 25.5 Å². The lowest BCUT2D eigenvalue weighted by molar-refractivity contribution is -0.149. The van der Waals surface area contributed by atoms with Crippen molar-refractivity contribution in [2.75, 3.05) is 14.2 Å². The molecule has 1 rings (SSSR count). The Labute approximate surface area is 142 Å². The number of hydrogen-bond donors (Lipinski definition) is 1. The highest BCUT2D eigenvalue weighted by Crippen LogP contribution is 2.20. The molecule has 0 fully saturated rings. The third kappa shape index (κ3) is 5.31. The summed E-state index contributed by atoms with van der Waals surface area (Å²) in [5, 5.41) is 0. The molecule has 8 heteroatoms. The first-order valence-electron chi connectivity index (χ1n) is 7.52. The predicted molar refractivity (Wildman–Crippen MR) is 87.9 cm³/mol. The van der Waals surface area contributed by atoms with Crippen molar-refractivity contribution in [1.29, 1.82) is 0 Å². The van der Waals surface area contributed by atoms with Crippen LogP contribution in [0.4, 0.5) is 0 Å². The maximum absolute atomic E-state index is 12.4. The molecule has 0 aliphatic rings. The Morgan fingerprint density at radius 3 is 2.17 bits per heavy atom. The normalized spacial score (nSPS) is 13.8. The lowest BCUT2D eigenvalue weighted by atomic mass is 9.99. The van der Waals surface area contributed by atoms with E-state index in [-0.39, 0.29) is 4.90 Å². The maximum Gasteiger partial charge on any atom is 0.324 e. The highest BCUT2D eigenvalue weighted by atomic mass is 32.2. The van der Waals surface area contributed by atoms with Crippen LogP contribution in [0.2, 0.25) is 0 Å². The van der Waals surface area contributed by atoms with Gasteiger partial charge in [0.25, 0.3) is 0 Å². The van der Waals surface area contributed by atoms with Crippen LogP contribution in [-0.4, -0.2) is 40.6 Å². The van der Waals surface area contributed by atoms with E-state index in [0.29, 0.717) is 5.92 Å². The number of benzene rings is 1. The van der Waals surface area contributed by atoms with Gasteiger partial charge in [0.2, 0.25) is 10.0 Å². The smallest absolute Gasteiger partial charge is 0.324 e. The van der Waals surface area contributed by atoms with Crippen LogP contribution in [0, 0.1) is 0 Å². The molecule has 0 aliphatic carbocycles. The van der Waals surface area contributed by atoms with E-state index in [2.05, 4.69) is 14.2 Å². The molecule has 0 radical (unpaired) electrons. The largest absolute Gasteiger partial charge is 0.469 e. The Balaban J connectivity index is 3.00. The molecule has 1 N–H and O–H groups in total. The van der Waals surface area contributed by atoms with Crippen LogP contribution in [-0.2, 0) is 29.1 Å². The number of ether oxygens (including phenoxy) is 2. The minimum atomic E-state index is -3.98. The monoisotopic (exact) mass is 357 g/mol. The van der Waals surface area contributed by atoms with Crippen molar-refractivity contribution in [1.82, 2.24) is 4.72 Å². The summed E-state index contributed by atoms with van der Waals surface area (Å²) in [7, 11) is -1.71. The summed E-state index contributed by atoms with van der Waals surface area (Å²) in [6, 6.07) is 5.06. The molecule has 0 spiro atoms. The average Bonchev–Trinajstić information content (AvgIpc) is 2.59. The van der Waals surface area contributed by atoms with Gasteiger partial charge in [-0.05, 0) is 30.0 Å². The number of carbonyl (C=O) groups is 2. The molecule has 0 bridgehead atoms. The van der Waals surface area contributed by atoms with Crippen LogP contribution < -0.4 is 4.72 Å². The minimum Gasteiger partial charge on any atom is -0.469 e. The van der Waals surface area contributed by atoms with Crippen LogP contribution in [0.15, 0.2) is 29.2 Å². The first kappa shape index (κ1) is 20.1. The van der Waals surface area contributed by atoms with Crippen LogP contribution >= 0.6 is 0 Å². The molecule has 0 aliphatic heterocycles. The first-order valence-corrected chi connectivity index (χ1v) is 9.00. The summed E-state index contributed by atoms with van der Waals surface area (Å²) in [6.07, 6.45) is 0.487. The summed E-state index contributed by atoms with van der Waals surface area (Å²) >= 11 is 0. The molecule has 134 valence electrons. The second-order valence-corrected chi connectivity index (χ2v) is 7.07. The Bertz CT molecular complexity index is 668. The summed E-state index contributed by atoms with van der Waals surface area (Å²) in [5.41, 5.74) is 1.02. The third-order valence-corrected chi connectivity index (χ3v) is 5.24. The molecular weight excluding hydrogens is 334 g/mol. The molecule has 0 aromatic heterocycles. The quantitative estimate of drug-likeness (QED) is 0.709. The van der Waals surface area contributed by atoms with E-state index in [4.69, 9.17) is 0 Å². The standard InChI is InChI=1S/C16H23NO6S/c1-5-11(2)12-6-8-13(9-7-12)24(20,21)17-14(16(19)23-4)10-15(18)22-3/h6-9,11,14,17H,5,10H2,1-4H3/t11-,14+/m1/s1. The molecule has 0 saturated heterocycles. The van der Waals surface area contributed by atoms with Crippen molar-refractivity contribution in [2.24, 2.45) is 0 Å². The van der Waals surface area contributed by atoms with Gasteiger partial charge in [0, 0.05) is 0 Å². The van der Waals surface area contributed by atoms with Gasteiger partial charge in [0.15, 0.2) is 0 Å². The van der Waals surface area contributed by atoms with Gasteiger partial charge in [-0.25, -0.2) is 8.42 Å². The van der Waals surface area contributed by atoms with Crippen molar-refractivity contribution >= 4 is 22.0 Å². The van der Waals surface area contributed by atoms with Gasteiger partial charge < -0.3 is 9.47 Å². The first-order chi connectivity index (χ1) is 11.2. The van der Waals surface area contributed by atoms with Gasteiger partial charge in [0.1, 0.15) is 6.04 Å². The zero-order chi connectivity index (χ0) is 18.3. The lowest BCUT2D eigenvalue weighted by Crippen LogP contribution is -2.43. The second kappa shape index (κ2) is 8.79. The molecule has 7 nitrogen and oxygen atoms in total. The van der Waals surface area contributed by atoms with Gasteiger partial charge in [-0.2, -0.15) is 4.72 Å². The highest BCUT2D eigenvalue weighted by molar-refractivity contribution is 7.89. The van der Waals surface area contributed by atoms with E-state index in [1.165, 1.54) is 12.1 Å². The van der Waals surface area contributed by atoms with E-state index in [0.717, 1.165) is 26.2 Å². The molecule has 24 heavy (non-hydrogen) atoms. The van der Waals surface area contributed by atoms with E-state index in [9.17, 15) is 18.0 Å². The topological polar surface area (TPSA) is 98.8 Å². The summed E-state index contributed by atoms with van der Waals surface area (Å²) in [5.74, 6) is -1.27. The number of esters is 2. The molecule has 2 atom stereocenters. The van der Waals surface area contributed by atoms with Gasteiger partial charge in [-0.1, -0.05) is 26.0 Å². The number of hydrogen-bond acceptors (Lipinski definition) is 6. The van der Waals surface area contributed by atoms with Crippen LogP contribution in [0.5, 0.6) is 0 Å². The van der Waals surface area contributed by atoms with E-state index in [1.54, 1.807) is 12.1 Å². The van der Waals surface area contributed by atoms with Crippen LogP contribution in [0.25, 0.3) is 0 Å². The fourth-order valence-electron chi connectivity index (χ4n) is 2.03. The summed E-state index contributed by atoms with van der Waals surface area (Å²) in [6.45, 7) is 4.09. The Kier molecular flexibility index (Phi) is 7.37. The van der Waals surface area contributed by atoms with Crippen molar-refractivity contribution in [2.45, 2.75) is 43.5 Å². The van der Waals surface area contributed by atoms with E-state index < -0.39 is 34.4 Å². The van der Waals surface area contributed by atoms with Gasteiger partial charge >= 0.3 is 11.9 Å². The maximum atomic E-state index is 12.4. The molecule has 1 aromatic rings. The second-order valence-electron chi connectivity index (χ2n) is 5.36. The SMILES string of the molecule is CC[C@@H](C)c1ccc(S(=O)(=O)N[C@@H](CC(=O)OC)C(=O)OC)cc1. The number of rotatable bonds is 8. The van der Waals surface area contributed by atoms with Crippen molar-refractivity contribution in [3.8, 4) is 0 Å².